The third kappa shape index (κ3) is 6.05. The van der Waals surface area contributed by atoms with Crippen LogP contribution in [-0.4, -0.2) is 52.7 Å². The highest BCUT2D eigenvalue weighted by Gasteiger charge is 2.29. The van der Waals surface area contributed by atoms with E-state index in [0.29, 0.717) is 0 Å². The molecule has 0 spiro atoms. The number of carboxylic acid groups (broad SMARTS) is 1. The Hall–Kier alpha value is -2.45. The van der Waals surface area contributed by atoms with Crippen LogP contribution in [0.1, 0.15) is 12.5 Å². The van der Waals surface area contributed by atoms with Crippen molar-refractivity contribution in [3.8, 4) is 0 Å². The Labute approximate surface area is 133 Å². The maximum atomic E-state index is 12.2. The van der Waals surface area contributed by atoms with Crippen LogP contribution in [-0.2, 0) is 20.8 Å². The Bertz CT molecular complexity index is 547. The van der Waals surface area contributed by atoms with Crippen molar-refractivity contribution in [2.45, 2.75) is 31.5 Å². The Morgan fingerprint density at radius 1 is 1.17 bits per heavy atom. The van der Waals surface area contributed by atoms with E-state index in [-0.39, 0.29) is 13.0 Å². The van der Waals surface area contributed by atoms with Crippen molar-refractivity contribution in [1.29, 1.82) is 0 Å². The van der Waals surface area contributed by atoms with Gasteiger partial charge in [-0.1, -0.05) is 30.3 Å². The second-order valence-corrected chi connectivity index (χ2v) is 5.08. The molecule has 0 radical (unpaired) electrons. The van der Waals surface area contributed by atoms with E-state index in [1.807, 2.05) is 0 Å². The number of carboxylic acids is 1. The van der Waals surface area contributed by atoms with Gasteiger partial charge in [0, 0.05) is 6.42 Å². The van der Waals surface area contributed by atoms with Crippen LogP contribution in [0.2, 0.25) is 0 Å². The van der Waals surface area contributed by atoms with Crippen LogP contribution in [0.5, 0.6) is 0 Å². The molecule has 1 aromatic carbocycles. The summed E-state index contributed by atoms with van der Waals surface area (Å²) in [5.41, 5.74) is 5.89. The summed E-state index contributed by atoms with van der Waals surface area (Å²) in [6.45, 7) is 0.969. The Morgan fingerprint density at radius 3 is 2.26 bits per heavy atom. The first-order valence-corrected chi connectivity index (χ1v) is 7.09. The van der Waals surface area contributed by atoms with Crippen LogP contribution in [0.3, 0.4) is 0 Å². The molecule has 0 bridgehead atoms. The minimum atomic E-state index is -1.27. The van der Waals surface area contributed by atoms with Gasteiger partial charge in [0.05, 0.1) is 12.6 Å². The summed E-state index contributed by atoms with van der Waals surface area (Å²) in [4.78, 5) is 34.8. The fourth-order valence-electron chi connectivity index (χ4n) is 1.95. The smallest absolute Gasteiger partial charge is 0.326 e. The highest BCUT2D eigenvalue weighted by Crippen LogP contribution is 2.04. The first-order valence-electron chi connectivity index (χ1n) is 7.09. The van der Waals surface area contributed by atoms with E-state index in [0.717, 1.165) is 5.56 Å². The number of hydrogen-bond acceptors (Lipinski definition) is 5. The van der Waals surface area contributed by atoms with Gasteiger partial charge in [0.15, 0.2) is 0 Å². The fourth-order valence-corrected chi connectivity index (χ4v) is 1.95. The normalized spacial score (nSPS) is 14.4. The van der Waals surface area contributed by atoms with Crippen LogP contribution in [0.4, 0.5) is 0 Å². The molecular weight excluding hydrogens is 302 g/mol. The van der Waals surface area contributed by atoms with Crippen molar-refractivity contribution < 1.29 is 24.6 Å². The van der Waals surface area contributed by atoms with Gasteiger partial charge < -0.3 is 26.6 Å². The lowest BCUT2D eigenvalue weighted by atomic mass is 10.0. The van der Waals surface area contributed by atoms with Gasteiger partial charge in [-0.05, 0) is 12.5 Å². The zero-order valence-corrected chi connectivity index (χ0v) is 12.7. The lowest BCUT2D eigenvalue weighted by molar-refractivity contribution is -0.142. The standard InChI is InChI=1S/C15H21N3O5/c1-9(19)13(18-12(20)8-16)14(21)17-11(15(22)23)7-10-5-3-2-4-6-10/h2-6,9,11,13,19H,7-8,16H2,1H3,(H,17,21)(H,18,20)(H,22,23)/t9-,11+,13+/m1/s1. The zero-order chi connectivity index (χ0) is 17.4. The summed E-state index contributed by atoms with van der Waals surface area (Å²) in [6, 6.07) is 6.34. The number of aliphatic hydroxyl groups excluding tert-OH is 1. The molecule has 6 N–H and O–H groups in total. The number of aliphatic carboxylic acids is 1. The van der Waals surface area contributed by atoms with E-state index in [9.17, 15) is 24.6 Å². The zero-order valence-electron chi connectivity index (χ0n) is 12.7. The van der Waals surface area contributed by atoms with Crippen molar-refractivity contribution >= 4 is 17.8 Å². The molecule has 126 valence electrons. The summed E-state index contributed by atoms with van der Waals surface area (Å²) in [7, 11) is 0. The van der Waals surface area contributed by atoms with E-state index < -0.39 is 36.0 Å². The van der Waals surface area contributed by atoms with Crippen LogP contribution in [0, 0.1) is 0 Å². The SMILES string of the molecule is C[C@@H](O)[C@H](NC(=O)CN)C(=O)N[C@@H](Cc1ccccc1)C(=O)O. The van der Waals surface area contributed by atoms with Crippen LogP contribution in [0.15, 0.2) is 30.3 Å². The maximum absolute atomic E-state index is 12.2. The van der Waals surface area contributed by atoms with Gasteiger partial charge in [-0.2, -0.15) is 0 Å². The Balaban J connectivity index is 2.79. The quantitative estimate of drug-likeness (QED) is 0.399. The average Bonchev–Trinajstić information content (AvgIpc) is 2.52. The van der Waals surface area contributed by atoms with E-state index >= 15 is 0 Å². The molecule has 0 aliphatic heterocycles. The van der Waals surface area contributed by atoms with Crippen molar-refractivity contribution in [2.24, 2.45) is 5.73 Å². The number of aliphatic hydroxyl groups is 1. The van der Waals surface area contributed by atoms with Gasteiger partial charge in [0.25, 0.3) is 0 Å². The highest BCUT2D eigenvalue weighted by molar-refractivity contribution is 5.91. The molecule has 2 amide bonds. The lowest BCUT2D eigenvalue weighted by Gasteiger charge is -2.23. The molecular formula is C15H21N3O5. The second-order valence-electron chi connectivity index (χ2n) is 5.08. The summed E-state index contributed by atoms with van der Waals surface area (Å²) < 4.78 is 0. The molecule has 0 aliphatic rings. The summed E-state index contributed by atoms with van der Waals surface area (Å²) >= 11 is 0. The number of nitrogens with two attached hydrogens (primary N) is 1. The van der Waals surface area contributed by atoms with E-state index in [2.05, 4.69) is 10.6 Å². The molecule has 8 heteroatoms. The van der Waals surface area contributed by atoms with Crippen molar-refractivity contribution in [2.75, 3.05) is 6.54 Å². The van der Waals surface area contributed by atoms with Gasteiger partial charge in [0.1, 0.15) is 12.1 Å². The fraction of sp³-hybridized carbons (Fsp3) is 0.400. The number of carbonyl (C=O) groups excluding carboxylic acids is 2. The molecule has 0 saturated carbocycles. The molecule has 3 atom stereocenters. The number of carbonyl (C=O) groups is 3. The minimum absolute atomic E-state index is 0.0826. The van der Waals surface area contributed by atoms with Gasteiger partial charge >= 0.3 is 5.97 Å². The monoisotopic (exact) mass is 323 g/mol. The number of nitrogens with one attached hydrogen (secondary N) is 2. The highest BCUT2D eigenvalue weighted by atomic mass is 16.4. The third-order valence-electron chi connectivity index (χ3n) is 3.16. The van der Waals surface area contributed by atoms with Gasteiger partial charge in [-0.3, -0.25) is 9.59 Å². The second kappa shape index (κ2) is 8.86. The van der Waals surface area contributed by atoms with E-state index in [1.165, 1.54) is 6.92 Å². The minimum Gasteiger partial charge on any atom is -0.480 e. The first-order chi connectivity index (χ1) is 10.8. The van der Waals surface area contributed by atoms with Crippen LogP contribution < -0.4 is 16.4 Å². The van der Waals surface area contributed by atoms with Crippen LogP contribution >= 0.6 is 0 Å². The van der Waals surface area contributed by atoms with Crippen molar-refractivity contribution in [1.82, 2.24) is 10.6 Å². The number of hydrogen-bond donors (Lipinski definition) is 5. The Kier molecular flexibility index (Phi) is 7.17. The molecule has 0 fully saturated rings. The van der Waals surface area contributed by atoms with Gasteiger partial charge in [0.2, 0.25) is 11.8 Å². The van der Waals surface area contributed by atoms with Crippen LogP contribution in [0.25, 0.3) is 0 Å². The number of amides is 2. The largest absolute Gasteiger partial charge is 0.480 e. The maximum Gasteiger partial charge on any atom is 0.326 e. The molecule has 1 rings (SSSR count). The lowest BCUT2D eigenvalue weighted by Crippen LogP contribution is -2.56. The van der Waals surface area contributed by atoms with Gasteiger partial charge in [-0.25, -0.2) is 4.79 Å². The van der Waals surface area contributed by atoms with E-state index in [1.54, 1.807) is 30.3 Å². The molecule has 0 heterocycles. The molecule has 23 heavy (non-hydrogen) atoms. The topological polar surface area (TPSA) is 142 Å². The Morgan fingerprint density at radius 2 is 1.78 bits per heavy atom. The third-order valence-corrected chi connectivity index (χ3v) is 3.16. The van der Waals surface area contributed by atoms with Gasteiger partial charge in [-0.15, -0.1) is 0 Å². The predicted molar refractivity (Wildman–Crippen MR) is 82.4 cm³/mol. The molecule has 0 unspecified atom stereocenters. The molecule has 1 aromatic rings. The molecule has 0 aliphatic carbocycles. The van der Waals surface area contributed by atoms with Crippen molar-refractivity contribution in [3.63, 3.8) is 0 Å². The molecule has 0 aromatic heterocycles. The number of benzene rings is 1. The molecule has 8 nitrogen and oxygen atoms in total. The average molecular weight is 323 g/mol. The predicted octanol–water partition coefficient (Wildman–Crippen LogP) is -1.38. The number of rotatable bonds is 8. The molecule has 0 saturated heterocycles. The van der Waals surface area contributed by atoms with E-state index in [4.69, 9.17) is 5.73 Å². The first kappa shape index (κ1) is 18.6. The van der Waals surface area contributed by atoms with Crippen molar-refractivity contribution in [3.05, 3.63) is 35.9 Å². The summed E-state index contributed by atoms with van der Waals surface area (Å²) in [5, 5.41) is 23.4. The summed E-state index contributed by atoms with van der Waals surface area (Å²) in [5.74, 6) is -2.62. The summed E-state index contributed by atoms with van der Waals surface area (Å²) in [6.07, 6.45) is -1.11.